The van der Waals surface area contributed by atoms with Crippen molar-refractivity contribution in [1.82, 2.24) is 4.90 Å². The Labute approximate surface area is 234 Å². The highest BCUT2D eigenvalue weighted by atomic mass is 79.9. The van der Waals surface area contributed by atoms with E-state index in [-0.39, 0.29) is 28.8 Å². The van der Waals surface area contributed by atoms with Crippen molar-refractivity contribution in [3.8, 4) is 0 Å². The zero-order chi connectivity index (χ0) is 26.5. The second kappa shape index (κ2) is 10.6. The molecule has 0 aromatic carbocycles. The van der Waals surface area contributed by atoms with Crippen molar-refractivity contribution in [2.24, 2.45) is 46.3 Å². The Bertz CT molecular complexity index is 860. The summed E-state index contributed by atoms with van der Waals surface area (Å²) in [5.41, 5.74) is 0.0395. The van der Waals surface area contributed by atoms with E-state index < -0.39 is 3.23 Å². The van der Waals surface area contributed by atoms with E-state index in [1.807, 2.05) is 18.7 Å². The van der Waals surface area contributed by atoms with Crippen LogP contribution >= 0.6 is 31.9 Å². The predicted molar refractivity (Wildman–Crippen MR) is 149 cm³/mol. The summed E-state index contributed by atoms with van der Waals surface area (Å²) >= 11 is 7.48. The number of ketones is 1. The van der Waals surface area contributed by atoms with Crippen molar-refractivity contribution in [1.29, 1.82) is 0 Å². The van der Waals surface area contributed by atoms with Crippen LogP contribution in [0.5, 0.6) is 0 Å². The van der Waals surface area contributed by atoms with Crippen LogP contribution in [0.25, 0.3) is 0 Å². The maximum absolute atomic E-state index is 14.0. The average Bonchev–Trinajstić information content (AvgIpc) is 3.16. The molecule has 0 unspecified atom stereocenters. The Hall–Kier alpha value is -0.430. The number of ether oxygens (including phenoxy) is 1. The van der Waals surface area contributed by atoms with E-state index in [0.29, 0.717) is 61.4 Å². The molecule has 4 aliphatic rings. The van der Waals surface area contributed by atoms with Gasteiger partial charge in [-0.05, 0) is 106 Å². The summed E-state index contributed by atoms with van der Waals surface area (Å²) in [6.45, 7) is 13.1. The standard InChI is InChI=1S/C29H45Br2NO4/c1-6-32(7-2)26(35)29(30,31)15-18(3)22-10-11-23-21-9-8-19-14-20(36-17-33)12-13-27(19,4)25(21)24(34)16-28(22,23)5/h17-23,25H,6-16H2,1-5H3/t18-,19-,20-,21+,22-,23+,25-,27+,28-/m1/s1. The molecule has 1 amide bonds. The summed E-state index contributed by atoms with van der Waals surface area (Å²) in [5.74, 6) is 2.99. The number of nitrogens with zero attached hydrogens (tertiary/aromatic N) is 1. The fourth-order valence-electron chi connectivity index (χ4n) is 9.58. The third-order valence-corrected chi connectivity index (χ3v) is 12.6. The number of fused-ring (bicyclic) bond motifs is 5. The molecule has 204 valence electrons. The fourth-order valence-corrected chi connectivity index (χ4v) is 11.1. The summed E-state index contributed by atoms with van der Waals surface area (Å²) in [4.78, 5) is 40.0. The first-order chi connectivity index (χ1) is 16.9. The van der Waals surface area contributed by atoms with Gasteiger partial charge in [-0.15, -0.1) is 0 Å². The van der Waals surface area contributed by atoms with Crippen LogP contribution in [-0.2, 0) is 19.1 Å². The van der Waals surface area contributed by atoms with Gasteiger partial charge in [-0.2, -0.15) is 0 Å². The minimum atomic E-state index is -0.755. The van der Waals surface area contributed by atoms with Crippen molar-refractivity contribution < 1.29 is 19.1 Å². The average molecular weight is 631 g/mol. The van der Waals surface area contributed by atoms with Crippen LogP contribution in [0, 0.1) is 46.3 Å². The Morgan fingerprint density at radius 3 is 2.47 bits per heavy atom. The van der Waals surface area contributed by atoms with Crippen molar-refractivity contribution in [3.63, 3.8) is 0 Å². The molecule has 0 N–H and O–H groups in total. The van der Waals surface area contributed by atoms with E-state index in [0.717, 1.165) is 44.9 Å². The molecule has 0 radical (unpaired) electrons. The molecule has 4 saturated carbocycles. The van der Waals surface area contributed by atoms with Gasteiger partial charge in [-0.25, -0.2) is 0 Å². The molecular weight excluding hydrogens is 586 g/mol. The van der Waals surface area contributed by atoms with E-state index in [1.165, 1.54) is 6.42 Å². The van der Waals surface area contributed by atoms with Crippen LogP contribution in [0.1, 0.15) is 92.4 Å². The summed E-state index contributed by atoms with van der Waals surface area (Å²) in [6.07, 6.45) is 8.77. The van der Waals surface area contributed by atoms with Gasteiger partial charge in [-0.3, -0.25) is 14.4 Å². The third-order valence-electron chi connectivity index (χ3n) is 11.3. The Balaban J connectivity index is 1.51. The van der Waals surface area contributed by atoms with Crippen LogP contribution in [-0.4, -0.2) is 45.5 Å². The number of carbonyl (C=O) groups is 3. The molecule has 0 bridgehead atoms. The maximum atomic E-state index is 14.0. The largest absolute Gasteiger partial charge is 0.465 e. The SMILES string of the molecule is CCN(CC)C(=O)C(Br)(Br)C[C@@H](C)[C@H]1CC[C@H]2[C@@H]3CC[C@@H]4C[C@H](OC=O)CC[C@]4(C)[C@H]3C(=O)C[C@]12C. The summed E-state index contributed by atoms with van der Waals surface area (Å²) < 4.78 is 4.60. The molecule has 0 aromatic heterocycles. The van der Waals surface area contributed by atoms with E-state index in [2.05, 4.69) is 52.6 Å². The molecule has 4 aliphatic carbocycles. The van der Waals surface area contributed by atoms with Gasteiger partial charge in [0.25, 0.3) is 6.47 Å². The van der Waals surface area contributed by atoms with Crippen LogP contribution < -0.4 is 0 Å². The lowest BCUT2D eigenvalue weighted by atomic mass is 9.44. The molecule has 4 rings (SSSR count). The molecule has 5 nitrogen and oxygen atoms in total. The van der Waals surface area contributed by atoms with Gasteiger partial charge < -0.3 is 9.64 Å². The maximum Gasteiger partial charge on any atom is 0.293 e. The second-order valence-electron chi connectivity index (χ2n) is 12.9. The molecule has 9 atom stereocenters. The number of alkyl halides is 2. The van der Waals surface area contributed by atoms with Crippen LogP contribution in [0.15, 0.2) is 0 Å². The minimum Gasteiger partial charge on any atom is -0.465 e. The molecule has 4 fully saturated rings. The van der Waals surface area contributed by atoms with Gasteiger partial charge in [-0.1, -0.05) is 52.6 Å². The van der Waals surface area contributed by atoms with Gasteiger partial charge in [0.1, 0.15) is 11.9 Å². The number of carbonyl (C=O) groups excluding carboxylic acids is 3. The normalized spacial score (nSPS) is 41.0. The quantitative estimate of drug-likeness (QED) is 0.220. The molecule has 0 aliphatic heterocycles. The number of Topliss-reactive ketones (excluding diaryl/α,β-unsaturated/α-hetero) is 1. The van der Waals surface area contributed by atoms with Crippen molar-refractivity contribution >= 4 is 50.0 Å². The van der Waals surface area contributed by atoms with Gasteiger partial charge in [0.2, 0.25) is 5.91 Å². The summed E-state index contributed by atoms with van der Waals surface area (Å²) in [5, 5.41) is 0. The molecule has 0 aromatic rings. The molecule has 7 heteroatoms. The molecule has 36 heavy (non-hydrogen) atoms. The Kier molecular flexibility index (Phi) is 8.43. The number of amides is 1. The first kappa shape index (κ1) is 28.6. The van der Waals surface area contributed by atoms with Crippen LogP contribution in [0.4, 0.5) is 0 Å². The van der Waals surface area contributed by atoms with E-state index >= 15 is 0 Å². The molecular formula is C29H45Br2NO4. The monoisotopic (exact) mass is 629 g/mol. The smallest absolute Gasteiger partial charge is 0.293 e. The van der Waals surface area contributed by atoms with Crippen LogP contribution in [0.3, 0.4) is 0 Å². The lowest BCUT2D eigenvalue weighted by molar-refractivity contribution is -0.166. The Morgan fingerprint density at radius 1 is 1.14 bits per heavy atom. The van der Waals surface area contributed by atoms with E-state index in [9.17, 15) is 14.4 Å². The summed E-state index contributed by atoms with van der Waals surface area (Å²) in [7, 11) is 0. The minimum absolute atomic E-state index is 0.00697. The van der Waals surface area contributed by atoms with E-state index in [4.69, 9.17) is 4.74 Å². The molecule has 0 heterocycles. The van der Waals surface area contributed by atoms with Gasteiger partial charge >= 0.3 is 0 Å². The lowest BCUT2D eigenvalue weighted by Gasteiger charge is -2.60. The third kappa shape index (κ3) is 4.75. The van der Waals surface area contributed by atoms with Crippen molar-refractivity contribution in [2.75, 3.05) is 13.1 Å². The van der Waals surface area contributed by atoms with Gasteiger partial charge in [0.05, 0.1) is 0 Å². The van der Waals surface area contributed by atoms with Crippen molar-refractivity contribution in [2.45, 2.75) is 102 Å². The first-order valence-corrected chi connectivity index (χ1v) is 15.8. The van der Waals surface area contributed by atoms with Gasteiger partial charge in [0.15, 0.2) is 3.23 Å². The molecule has 0 spiro atoms. The Morgan fingerprint density at radius 2 is 1.83 bits per heavy atom. The first-order valence-electron chi connectivity index (χ1n) is 14.2. The van der Waals surface area contributed by atoms with Gasteiger partial charge in [0, 0.05) is 25.4 Å². The second-order valence-corrected chi connectivity index (χ2v) is 16.6. The lowest BCUT2D eigenvalue weighted by Crippen LogP contribution is -2.58. The highest BCUT2D eigenvalue weighted by molar-refractivity contribution is 9.25. The van der Waals surface area contributed by atoms with Crippen LogP contribution in [0.2, 0.25) is 0 Å². The number of halogens is 2. The highest BCUT2D eigenvalue weighted by Crippen LogP contribution is 2.67. The molecule has 0 saturated heterocycles. The highest BCUT2D eigenvalue weighted by Gasteiger charge is 2.64. The van der Waals surface area contributed by atoms with Crippen molar-refractivity contribution in [3.05, 3.63) is 0 Å². The number of rotatable bonds is 8. The van der Waals surface area contributed by atoms with E-state index in [1.54, 1.807) is 0 Å². The summed E-state index contributed by atoms with van der Waals surface area (Å²) in [6, 6.07) is 0. The number of hydrogen-bond acceptors (Lipinski definition) is 4. The number of hydrogen-bond donors (Lipinski definition) is 0. The predicted octanol–water partition coefficient (Wildman–Crippen LogP) is 6.75. The fraction of sp³-hybridized carbons (Fsp3) is 0.897. The zero-order valence-corrected chi connectivity index (χ0v) is 25.9. The zero-order valence-electron chi connectivity index (χ0n) is 22.7. The topological polar surface area (TPSA) is 63.7 Å².